The molecule has 21 heavy (non-hydrogen) atoms. The Morgan fingerprint density at radius 2 is 2.10 bits per heavy atom. The second-order valence-electron chi connectivity index (χ2n) is 6.09. The molecule has 1 aliphatic rings. The highest BCUT2D eigenvalue weighted by Crippen LogP contribution is 2.28. The van der Waals surface area contributed by atoms with E-state index in [0.29, 0.717) is 12.6 Å². The van der Waals surface area contributed by atoms with Crippen molar-refractivity contribution in [2.75, 3.05) is 18.0 Å². The topological polar surface area (TPSA) is 42.2 Å². The fourth-order valence-corrected chi connectivity index (χ4v) is 3.33. The Labute approximate surface area is 127 Å². The summed E-state index contributed by atoms with van der Waals surface area (Å²) in [5, 5.41) is 1.21. The summed E-state index contributed by atoms with van der Waals surface area (Å²) in [6.07, 6.45) is 6.09. The maximum Gasteiger partial charge on any atom is 0.132 e. The molecule has 1 atom stereocenters. The summed E-state index contributed by atoms with van der Waals surface area (Å²) in [4.78, 5) is 7.48. The Morgan fingerprint density at radius 3 is 2.95 bits per heavy atom. The average molecular weight is 283 g/mol. The molecule has 1 fully saturated rings. The van der Waals surface area contributed by atoms with Crippen LogP contribution in [-0.4, -0.2) is 24.1 Å². The average Bonchev–Trinajstić information content (AvgIpc) is 2.71. The molecule has 3 heteroatoms. The first-order valence-corrected chi connectivity index (χ1v) is 8.15. The number of nitrogens with zero attached hydrogens (tertiary/aromatic N) is 2. The van der Waals surface area contributed by atoms with Crippen LogP contribution >= 0.6 is 0 Å². The van der Waals surface area contributed by atoms with Gasteiger partial charge in [0.25, 0.3) is 0 Å². The second kappa shape index (κ2) is 6.44. The van der Waals surface area contributed by atoms with Crippen molar-refractivity contribution in [3.05, 3.63) is 35.9 Å². The lowest BCUT2D eigenvalue weighted by Gasteiger charge is -2.30. The van der Waals surface area contributed by atoms with Crippen LogP contribution in [0, 0.1) is 0 Å². The van der Waals surface area contributed by atoms with Gasteiger partial charge in [-0.2, -0.15) is 0 Å². The van der Waals surface area contributed by atoms with E-state index < -0.39 is 0 Å². The van der Waals surface area contributed by atoms with Crippen LogP contribution in [0.2, 0.25) is 0 Å². The van der Waals surface area contributed by atoms with Crippen LogP contribution in [0.1, 0.15) is 38.2 Å². The fraction of sp³-hybridized carbons (Fsp3) is 0.500. The number of aromatic nitrogens is 1. The van der Waals surface area contributed by atoms with Crippen molar-refractivity contribution in [3.8, 4) is 0 Å². The van der Waals surface area contributed by atoms with E-state index in [1.54, 1.807) is 0 Å². The van der Waals surface area contributed by atoms with Crippen molar-refractivity contribution in [3.63, 3.8) is 0 Å². The monoisotopic (exact) mass is 283 g/mol. The minimum atomic E-state index is 0.567. The van der Waals surface area contributed by atoms with Gasteiger partial charge < -0.3 is 10.6 Å². The molecule has 2 N–H and O–H groups in total. The largest absolute Gasteiger partial charge is 0.354 e. The summed E-state index contributed by atoms with van der Waals surface area (Å²) >= 11 is 0. The van der Waals surface area contributed by atoms with Crippen LogP contribution in [-0.2, 0) is 6.42 Å². The molecule has 112 valence electrons. The van der Waals surface area contributed by atoms with E-state index in [1.807, 2.05) is 0 Å². The molecular weight excluding hydrogens is 258 g/mol. The highest BCUT2D eigenvalue weighted by atomic mass is 15.2. The molecule has 0 radical (unpaired) electrons. The van der Waals surface area contributed by atoms with Crippen molar-refractivity contribution >= 4 is 16.7 Å². The molecule has 0 spiro atoms. The zero-order valence-corrected chi connectivity index (χ0v) is 12.9. The normalized spacial score (nSPS) is 19.7. The first kappa shape index (κ1) is 14.3. The number of para-hydroxylation sites is 1. The van der Waals surface area contributed by atoms with Gasteiger partial charge in [0.05, 0.1) is 5.52 Å². The lowest BCUT2D eigenvalue weighted by atomic mass is 10.1. The van der Waals surface area contributed by atoms with Gasteiger partial charge in [-0.3, -0.25) is 0 Å². The first-order chi connectivity index (χ1) is 10.3. The Balaban J connectivity index is 2.07. The van der Waals surface area contributed by atoms with Gasteiger partial charge in [0.1, 0.15) is 5.82 Å². The number of fused-ring (bicyclic) bond motifs is 1. The number of rotatable bonds is 3. The number of benzene rings is 1. The SMILES string of the molecule is CC1CCCCCN1c1nc2ccccc2cc1CCN. The van der Waals surface area contributed by atoms with Gasteiger partial charge in [0.15, 0.2) is 0 Å². The van der Waals surface area contributed by atoms with Crippen LogP contribution in [0.3, 0.4) is 0 Å². The van der Waals surface area contributed by atoms with E-state index in [1.165, 1.54) is 36.6 Å². The minimum Gasteiger partial charge on any atom is -0.354 e. The standard InChI is InChI=1S/C18H25N3/c1-14-7-3-2-6-12-21(14)18-16(10-11-19)13-15-8-4-5-9-17(15)20-18/h4-5,8-9,13-14H,2-3,6-7,10-12,19H2,1H3. The van der Waals surface area contributed by atoms with Crippen LogP contribution in [0.4, 0.5) is 5.82 Å². The molecule has 1 aromatic heterocycles. The quantitative estimate of drug-likeness (QED) is 0.937. The maximum atomic E-state index is 5.82. The maximum absolute atomic E-state index is 5.82. The van der Waals surface area contributed by atoms with E-state index in [4.69, 9.17) is 10.7 Å². The van der Waals surface area contributed by atoms with Crippen LogP contribution in [0.5, 0.6) is 0 Å². The van der Waals surface area contributed by atoms with Crippen molar-refractivity contribution < 1.29 is 0 Å². The van der Waals surface area contributed by atoms with E-state index >= 15 is 0 Å². The number of nitrogens with two attached hydrogens (primary N) is 1. The summed E-state index contributed by atoms with van der Waals surface area (Å²) in [6, 6.07) is 11.2. The summed E-state index contributed by atoms with van der Waals surface area (Å²) < 4.78 is 0. The Hall–Kier alpha value is -1.61. The van der Waals surface area contributed by atoms with Crippen molar-refractivity contribution in [2.45, 2.75) is 45.1 Å². The Morgan fingerprint density at radius 1 is 1.24 bits per heavy atom. The van der Waals surface area contributed by atoms with Gasteiger partial charge in [-0.05, 0) is 50.4 Å². The zero-order valence-electron chi connectivity index (χ0n) is 12.9. The van der Waals surface area contributed by atoms with Crippen LogP contribution in [0.15, 0.2) is 30.3 Å². The molecular formula is C18H25N3. The lowest BCUT2D eigenvalue weighted by Crippen LogP contribution is -2.34. The Bertz CT molecular complexity index is 608. The lowest BCUT2D eigenvalue weighted by molar-refractivity contribution is 0.609. The smallest absolute Gasteiger partial charge is 0.132 e. The van der Waals surface area contributed by atoms with E-state index in [2.05, 4.69) is 42.2 Å². The molecule has 2 aromatic rings. The molecule has 1 saturated heterocycles. The predicted octanol–water partition coefficient (Wildman–Crippen LogP) is 3.50. The number of pyridine rings is 1. The Kier molecular flexibility index (Phi) is 4.39. The third-order valence-corrected chi connectivity index (χ3v) is 4.52. The number of hydrogen-bond acceptors (Lipinski definition) is 3. The number of anilines is 1. The van der Waals surface area contributed by atoms with Crippen molar-refractivity contribution in [2.24, 2.45) is 5.73 Å². The van der Waals surface area contributed by atoms with E-state index in [0.717, 1.165) is 24.3 Å². The molecule has 1 unspecified atom stereocenters. The molecule has 1 aromatic carbocycles. The minimum absolute atomic E-state index is 0.567. The van der Waals surface area contributed by atoms with Crippen LogP contribution < -0.4 is 10.6 Å². The molecule has 0 bridgehead atoms. The highest BCUT2D eigenvalue weighted by Gasteiger charge is 2.21. The second-order valence-corrected chi connectivity index (χ2v) is 6.09. The molecule has 2 heterocycles. The van der Waals surface area contributed by atoms with Crippen LogP contribution in [0.25, 0.3) is 10.9 Å². The third kappa shape index (κ3) is 3.03. The number of hydrogen-bond donors (Lipinski definition) is 1. The van der Waals surface area contributed by atoms with Gasteiger partial charge in [0, 0.05) is 18.0 Å². The molecule has 3 rings (SSSR count). The molecule has 0 saturated carbocycles. The van der Waals surface area contributed by atoms with Crippen molar-refractivity contribution in [1.29, 1.82) is 0 Å². The van der Waals surface area contributed by atoms with Gasteiger partial charge in [-0.15, -0.1) is 0 Å². The fourth-order valence-electron chi connectivity index (χ4n) is 3.33. The predicted molar refractivity (Wildman–Crippen MR) is 89.8 cm³/mol. The summed E-state index contributed by atoms with van der Waals surface area (Å²) in [5.74, 6) is 1.16. The van der Waals surface area contributed by atoms with Crippen molar-refractivity contribution in [1.82, 2.24) is 4.98 Å². The molecule has 1 aliphatic heterocycles. The molecule has 0 aliphatic carbocycles. The first-order valence-electron chi connectivity index (χ1n) is 8.15. The summed E-state index contributed by atoms with van der Waals surface area (Å²) in [7, 11) is 0. The van der Waals surface area contributed by atoms with Gasteiger partial charge in [-0.1, -0.05) is 31.0 Å². The molecule has 3 nitrogen and oxygen atoms in total. The molecule has 0 amide bonds. The van der Waals surface area contributed by atoms with Gasteiger partial charge in [0.2, 0.25) is 0 Å². The third-order valence-electron chi connectivity index (χ3n) is 4.52. The highest BCUT2D eigenvalue weighted by molar-refractivity contribution is 5.82. The van der Waals surface area contributed by atoms with E-state index in [9.17, 15) is 0 Å². The summed E-state index contributed by atoms with van der Waals surface area (Å²) in [6.45, 7) is 4.12. The zero-order chi connectivity index (χ0) is 14.7. The van der Waals surface area contributed by atoms with E-state index in [-0.39, 0.29) is 0 Å². The van der Waals surface area contributed by atoms with Gasteiger partial charge >= 0.3 is 0 Å². The van der Waals surface area contributed by atoms with Gasteiger partial charge in [-0.25, -0.2) is 4.98 Å². The summed E-state index contributed by atoms with van der Waals surface area (Å²) in [5.41, 5.74) is 8.21.